The molecule has 1 heterocycles. The van der Waals surface area contributed by atoms with Crippen LogP contribution < -0.4 is 10.1 Å². The molecule has 1 aliphatic heterocycles. The highest BCUT2D eigenvalue weighted by atomic mass is 79.9. The van der Waals surface area contributed by atoms with Gasteiger partial charge < -0.3 is 14.8 Å². The molecule has 0 spiro atoms. The van der Waals surface area contributed by atoms with Crippen LogP contribution in [0.1, 0.15) is 15.9 Å². The van der Waals surface area contributed by atoms with Crippen molar-refractivity contribution in [2.75, 3.05) is 33.4 Å². The van der Waals surface area contributed by atoms with Gasteiger partial charge in [0.05, 0.1) is 20.3 Å². The maximum atomic E-state index is 13.9. The zero-order chi connectivity index (χ0) is 21.0. The normalized spacial score (nSPS) is 15.1. The molecular weight excluding hydrogens is 467 g/mol. The third kappa shape index (κ3) is 4.95. The van der Waals surface area contributed by atoms with Crippen molar-refractivity contribution in [2.24, 2.45) is 0 Å². The SMILES string of the molecule is COc1ccc(C(=O)NCc2cc(Br)ccc2F)cc1S(=O)(=O)N1CCOCC1. The van der Waals surface area contributed by atoms with Crippen molar-refractivity contribution in [2.45, 2.75) is 11.4 Å². The highest BCUT2D eigenvalue weighted by Gasteiger charge is 2.30. The molecule has 0 aliphatic carbocycles. The minimum absolute atomic E-state index is 0.0400. The van der Waals surface area contributed by atoms with Gasteiger partial charge >= 0.3 is 0 Å². The number of sulfonamides is 1. The van der Waals surface area contributed by atoms with Crippen LogP contribution in [0.2, 0.25) is 0 Å². The van der Waals surface area contributed by atoms with Gasteiger partial charge in [-0.2, -0.15) is 4.31 Å². The number of nitrogens with one attached hydrogen (secondary N) is 1. The molecule has 0 bridgehead atoms. The highest BCUT2D eigenvalue weighted by molar-refractivity contribution is 9.10. The summed E-state index contributed by atoms with van der Waals surface area (Å²) in [5.41, 5.74) is 0.440. The van der Waals surface area contributed by atoms with Crippen LogP contribution in [-0.2, 0) is 21.3 Å². The molecule has 0 atom stereocenters. The monoisotopic (exact) mass is 486 g/mol. The number of rotatable bonds is 6. The van der Waals surface area contributed by atoms with E-state index in [1.54, 1.807) is 12.1 Å². The van der Waals surface area contributed by atoms with Crippen LogP contribution in [0.4, 0.5) is 4.39 Å². The Kier molecular flexibility index (Phi) is 6.89. The number of methoxy groups -OCH3 is 1. The smallest absolute Gasteiger partial charge is 0.251 e. The first-order valence-electron chi connectivity index (χ1n) is 8.81. The molecule has 3 rings (SSSR count). The molecule has 2 aromatic rings. The highest BCUT2D eigenvalue weighted by Crippen LogP contribution is 2.28. The summed E-state index contributed by atoms with van der Waals surface area (Å²) >= 11 is 3.26. The van der Waals surface area contributed by atoms with Gasteiger partial charge in [0.1, 0.15) is 16.5 Å². The topological polar surface area (TPSA) is 84.9 Å². The number of ether oxygens (including phenoxy) is 2. The Balaban J connectivity index is 1.84. The van der Waals surface area contributed by atoms with Gasteiger partial charge in [0.25, 0.3) is 5.91 Å². The van der Waals surface area contributed by atoms with Crippen LogP contribution in [-0.4, -0.2) is 52.0 Å². The minimum atomic E-state index is -3.86. The fourth-order valence-electron chi connectivity index (χ4n) is 2.90. The van der Waals surface area contributed by atoms with E-state index in [2.05, 4.69) is 21.2 Å². The van der Waals surface area contributed by atoms with Crippen LogP contribution in [0.3, 0.4) is 0 Å². The predicted molar refractivity (Wildman–Crippen MR) is 108 cm³/mol. The van der Waals surface area contributed by atoms with Gasteiger partial charge in [0.2, 0.25) is 10.0 Å². The number of carbonyl (C=O) groups excluding carboxylic acids is 1. The lowest BCUT2D eigenvalue weighted by Gasteiger charge is -2.26. The maximum Gasteiger partial charge on any atom is 0.251 e. The van der Waals surface area contributed by atoms with Crippen molar-refractivity contribution in [1.82, 2.24) is 9.62 Å². The van der Waals surface area contributed by atoms with Gasteiger partial charge in [0, 0.05) is 35.2 Å². The standard InChI is InChI=1S/C19H20BrFN2O5S/c1-27-17-5-2-13(11-18(17)29(25,26)23-6-8-28-9-7-23)19(24)22-12-14-10-15(20)3-4-16(14)21/h2-5,10-11H,6-9,12H2,1H3,(H,22,24). The van der Waals surface area contributed by atoms with Gasteiger partial charge in [-0.3, -0.25) is 4.79 Å². The minimum Gasteiger partial charge on any atom is -0.495 e. The number of nitrogens with zero attached hydrogens (tertiary/aromatic N) is 1. The Labute approximate surface area is 177 Å². The average Bonchev–Trinajstić information content (AvgIpc) is 2.74. The Hall–Kier alpha value is -2.01. The van der Waals surface area contributed by atoms with E-state index in [9.17, 15) is 17.6 Å². The van der Waals surface area contributed by atoms with Gasteiger partial charge in [-0.15, -0.1) is 0 Å². The summed E-state index contributed by atoms with van der Waals surface area (Å²) in [4.78, 5) is 12.5. The Bertz CT molecular complexity index is 1010. The third-order valence-corrected chi connectivity index (χ3v) is 6.87. The molecule has 1 N–H and O–H groups in total. The number of benzene rings is 2. The molecule has 1 saturated heterocycles. The first kappa shape index (κ1) is 21.7. The fourth-order valence-corrected chi connectivity index (χ4v) is 4.90. The number of halogens is 2. The summed E-state index contributed by atoms with van der Waals surface area (Å²) in [7, 11) is -2.49. The number of carbonyl (C=O) groups is 1. The first-order chi connectivity index (χ1) is 13.8. The predicted octanol–water partition coefficient (Wildman–Crippen LogP) is 2.55. The molecule has 0 radical (unpaired) electrons. The molecule has 1 fully saturated rings. The van der Waals surface area contributed by atoms with Gasteiger partial charge in [-0.1, -0.05) is 15.9 Å². The fraction of sp³-hybridized carbons (Fsp3) is 0.316. The lowest BCUT2D eigenvalue weighted by atomic mass is 10.1. The average molecular weight is 487 g/mol. The van der Waals surface area contributed by atoms with Crippen molar-refractivity contribution < 1.29 is 27.1 Å². The Morgan fingerprint density at radius 1 is 1.24 bits per heavy atom. The summed E-state index contributed by atoms with van der Waals surface area (Å²) in [5, 5.41) is 2.61. The molecule has 1 aliphatic rings. The quantitative estimate of drug-likeness (QED) is 0.677. The molecule has 7 nitrogen and oxygen atoms in total. The summed E-state index contributed by atoms with van der Waals surface area (Å²) in [6.07, 6.45) is 0. The van der Waals surface area contributed by atoms with E-state index in [1.165, 1.54) is 35.7 Å². The Morgan fingerprint density at radius 3 is 2.66 bits per heavy atom. The van der Waals surface area contributed by atoms with E-state index < -0.39 is 21.7 Å². The largest absolute Gasteiger partial charge is 0.495 e. The van der Waals surface area contributed by atoms with Crippen LogP contribution in [0.25, 0.3) is 0 Å². The number of morpholine rings is 1. The maximum absolute atomic E-state index is 13.9. The van der Waals surface area contributed by atoms with E-state index in [0.29, 0.717) is 23.2 Å². The number of amides is 1. The van der Waals surface area contributed by atoms with Crippen molar-refractivity contribution in [1.29, 1.82) is 0 Å². The summed E-state index contributed by atoms with van der Waals surface area (Å²) in [6, 6.07) is 8.60. The van der Waals surface area contributed by atoms with Crippen molar-refractivity contribution in [3.8, 4) is 5.75 Å². The zero-order valence-corrected chi connectivity index (χ0v) is 18.1. The van der Waals surface area contributed by atoms with E-state index in [-0.39, 0.29) is 35.8 Å². The zero-order valence-electron chi connectivity index (χ0n) is 15.7. The number of hydrogen-bond acceptors (Lipinski definition) is 5. The molecule has 2 aromatic carbocycles. The van der Waals surface area contributed by atoms with Gasteiger partial charge in [-0.25, -0.2) is 12.8 Å². The lowest BCUT2D eigenvalue weighted by molar-refractivity contribution is 0.0729. The molecular formula is C19H20BrFN2O5S. The second kappa shape index (κ2) is 9.21. The molecule has 0 saturated carbocycles. The number of hydrogen-bond donors (Lipinski definition) is 1. The van der Waals surface area contributed by atoms with Gasteiger partial charge in [0.15, 0.2) is 0 Å². The van der Waals surface area contributed by atoms with Crippen LogP contribution in [0, 0.1) is 5.82 Å². The molecule has 0 aromatic heterocycles. The van der Waals surface area contributed by atoms with Crippen LogP contribution in [0.5, 0.6) is 5.75 Å². The van der Waals surface area contributed by atoms with Crippen LogP contribution >= 0.6 is 15.9 Å². The van der Waals surface area contributed by atoms with Gasteiger partial charge in [-0.05, 0) is 36.4 Å². The van der Waals surface area contributed by atoms with E-state index in [1.807, 2.05) is 0 Å². The summed E-state index contributed by atoms with van der Waals surface area (Å²) in [6.45, 7) is 1.02. The Morgan fingerprint density at radius 2 is 1.97 bits per heavy atom. The third-order valence-electron chi connectivity index (χ3n) is 4.46. The lowest BCUT2D eigenvalue weighted by Crippen LogP contribution is -2.40. The van der Waals surface area contributed by atoms with Crippen molar-refractivity contribution >= 4 is 31.9 Å². The molecule has 10 heteroatoms. The second-order valence-electron chi connectivity index (χ2n) is 6.30. The first-order valence-corrected chi connectivity index (χ1v) is 11.0. The second-order valence-corrected chi connectivity index (χ2v) is 9.12. The van der Waals surface area contributed by atoms with Crippen molar-refractivity contribution in [3.05, 3.63) is 57.8 Å². The summed E-state index contributed by atoms with van der Waals surface area (Å²) in [5.74, 6) is -0.824. The summed E-state index contributed by atoms with van der Waals surface area (Å²) < 4.78 is 52.3. The van der Waals surface area contributed by atoms with Crippen LogP contribution in [0.15, 0.2) is 45.8 Å². The van der Waals surface area contributed by atoms with Crippen molar-refractivity contribution in [3.63, 3.8) is 0 Å². The molecule has 1 amide bonds. The van der Waals surface area contributed by atoms with E-state index >= 15 is 0 Å². The van der Waals surface area contributed by atoms with E-state index in [0.717, 1.165) is 0 Å². The van der Waals surface area contributed by atoms with E-state index in [4.69, 9.17) is 9.47 Å². The molecule has 156 valence electrons. The molecule has 29 heavy (non-hydrogen) atoms. The molecule has 0 unspecified atom stereocenters.